The summed E-state index contributed by atoms with van der Waals surface area (Å²) in [5, 5.41) is 9.81. The third-order valence-corrected chi connectivity index (χ3v) is 5.82. The summed E-state index contributed by atoms with van der Waals surface area (Å²) in [6, 6.07) is 4.85. The number of carboxylic acids is 1. The van der Waals surface area contributed by atoms with Crippen molar-refractivity contribution in [3.05, 3.63) is 40.1 Å². The molecule has 2 heterocycles. The molecule has 0 bridgehead atoms. The van der Waals surface area contributed by atoms with Crippen LogP contribution in [0.15, 0.2) is 34.5 Å². The highest BCUT2D eigenvalue weighted by molar-refractivity contribution is 6.30. The molecule has 1 aliphatic carbocycles. The van der Waals surface area contributed by atoms with E-state index in [2.05, 4.69) is 4.99 Å². The summed E-state index contributed by atoms with van der Waals surface area (Å²) in [4.78, 5) is 17.0. The minimum atomic E-state index is -4.57. The van der Waals surface area contributed by atoms with E-state index in [-0.39, 0.29) is 36.2 Å². The quantitative estimate of drug-likeness (QED) is 0.787. The van der Waals surface area contributed by atoms with Crippen molar-refractivity contribution in [2.75, 3.05) is 11.4 Å². The number of amidine groups is 1. The van der Waals surface area contributed by atoms with Gasteiger partial charge in [0.1, 0.15) is 11.5 Å². The Kier molecular flexibility index (Phi) is 4.25. The zero-order chi connectivity index (χ0) is 19.5. The lowest BCUT2D eigenvalue weighted by Gasteiger charge is -2.39. The molecule has 4 nitrogen and oxygen atoms in total. The second-order valence-corrected chi connectivity index (χ2v) is 7.91. The van der Waals surface area contributed by atoms with Crippen LogP contribution in [0.4, 0.5) is 18.9 Å². The van der Waals surface area contributed by atoms with Crippen molar-refractivity contribution in [1.82, 2.24) is 0 Å². The summed E-state index contributed by atoms with van der Waals surface area (Å²) >= 11 is 6.10. The summed E-state index contributed by atoms with van der Waals surface area (Å²) in [6.07, 6.45) is -3.41. The Hall–Kier alpha value is -2.02. The lowest BCUT2D eigenvalue weighted by atomic mass is 9.89. The highest BCUT2D eigenvalue weighted by atomic mass is 35.5. The first kappa shape index (κ1) is 18.3. The Balaban J connectivity index is 1.92. The van der Waals surface area contributed by atoms with E-state index >= 15 is 0 Å². The van der Waals surface area contributed by atoms with Crippen LogP contribution in [0, 0.1) is 17.8 Å². The van der Waals surface area contributed by atoms with Gasteiger partial charge in [-0.1, -0.05) is 11.6 Å². The van der Waals surface area contributed by atoms with Crippen LogP contribution in [-0.2, 0) is 11.2 Å². The fraction of sp³-hybridized carbons (Fsp3) is 0.474. The molecule has 0 radical (unpaired) electrons. The van der Waals surface area contributed by atoms with Crippen LogP contribution in [0.25, 0.3) is 0 Å². The van der Waals surface area contributed by atoms with Gasteiger partial charge in [0, 0.05) is 10.9 Å². The smallest absolute Gasteiger partial charge is 0.431 e. The minimum absolute atomic E-state index is 0.0300. The van der Waals surface area contributed by atoms with Gasteiger partial charge in [-0.15, -0.1) is 0 Å². The maximum absolute atomic E-state index is 14.0. The van der Waals surface area contributed by atoms with Crippen molar-refractivity contribution in [3.63, 3.8) is 0 Å². The van der Waals surface area contributed by atoms with Crippen molar-refractivity contribution in [2.45, 2.75) is 32.4 Å². The molecule has 0 saturated heterocycles. The Morgan fingerprint density at radius 1 is 1.41 bits per heavy atom. The van der Waals surface area contributed by atoms with Gasteiger partial charge in [0.2, 0.25) is 0 Å². The van der Waals surface area contributed by atoms with Crippen LogP contribution in [0.3, 0.4) is 0 Å². The highest BCUT2D eigenvalue weighted by Crippen LogP contribution is 2.53. The van der Waals surface area contributed by atoms with Crippen molar-refractivity contribution >= 4 is 29.1 Å². The van der Waals surface area contributed by atoms with Crippen LogP contribution in [0.2, 0.25) is 5.02 Å². The van der Waals surface area contributed by atoms with E-state index in [0.29, 0.717) is 17.1 Å². The number of aliphatic imine (C=N–C) groups is 1. The van der Waals surface area contributed by atoms with Crippen LogP contribution in [0.5, 0.6) is 0 Å². The molecular formula is C19H18ClF3N2O2. The van der Waals surface area contributed by atoms with E-state index < -0.39 is 23.8 Å². The average molecular weight is 399 g/mol. The number of carbonyl (C=O) groups is 1. The summed E-state index contributed by atoms with van der Waals surface area (Å²) in [6.45, 7) is 1.35. The first-order valence-corrected chi connectivity index (χ1v) is 9.16. The number of rotatable bonds is 2. The van der Waals surface area contributed by atoms with Gasteiger partial charge in [0.25, 0.3) is 0 Å². The predicted molar refractivity (Wildman–Crippen MR) is 96.0 cm³/mol. The topological polar surface area (TPSA) is 52.9 Å². The number of alkyl halides is 3. The van der Waals surface area contributed by atoms with Gasteiger partial charge in [-0.25, -0.2) is 0 Å². The van der Waals surface area contributed by atoms with Gasteiger partial charge in [0.05, 0.1) is 18.7 Å². The molecule has 0 aromatic heterocycles. The maximum atomic E-state index is 14.0. The second-order valence-electron chi connectivity index (χ2n) is 7.48. The molecule has 1 saturated carbocycles. The molecule has 4 rings (SSSR count). The van der Waals surface area contributed by atoms with Gasteiger partial charge in [-0.05, 0) is 60.9 Å². The molecule has 1 fully saturated rings. The van der Waals surface area contributed by atoms with Crippen LogP contribution in [0.1, 0.15) is 25.3 Å². The number of benzene rings is 1. The summed E-state index contributed by atoms with van der Waals surface area (Å²) < 4.78 is 41.9. The summed E-state index contributed by atoms with van der Waals surface area (Å²) in [7, 11) is 0. The van der Waals surface area contributed by atoms with Gasteiger partial charge in [-0.2, -0.15) is 13.2 Å². The molecule has 3 unspecified atom stereocenters. The predicted octanol–water partition coefficient (Wildman–Crippen LogP) is 4.68. The number of hydrogen-bond donors (Lipinski definition) is 1. The van der Waals surface area contributed by atoms with Gasteiger partial charge >= 0.3 is 12.1 Å². The zero-order valence-corrected chi connectivity index (χ0v) is 15.3. The first-order chi connectivity index (χ1) is 12.7. The molecule has 0 amide bonds. The first-order valence-electron chi connectivity index (χ1n) is 8.78. The fourth-order valence-electron chi connectivity index (χ4n) is 4.39. The van der Waals surface area contributed by atoms with Crippen molar-refractivity contribution in [1.29, 1.82) is 0 Å². The number of allylic oxidation sites excluding steroid dienone is 1. The van der Waals surface area contributed by atoms with Gasteiger partial charge in [-0.3, -0.25) is 14.7 Å². The van der Waals surface area contributed by atoms with Crippen LogP contribution < -0.4 is 4.90 Å². The number of anilines is 1. The SMILES string of the molecule is CC1=C(C(F)(F)F)N2C(=NC1)C(CC(=O)O)C1CC1Cc1cc(Cl)ccc12. The van der Waals surface area contributed by atoms with E-state index in [1.807, 2.05) is 0 Å². The Morgan fingerprint density at radius 3 is 2.81 bits per heavy atom. The molecule has 1 aromatic carbocycles. The fourth-order valence-corrected chi connectivity index (χ4v) is 4.58. The maximum Gasteiger partial charge on any atom is 0.431 e. The van der Waals surface area contributed by atoms with E-state index in [1.54, 1.807) is 18.2 Å². The van der Waals surface area contributed by atoms with Gasteiger partial charge < -0.3 is 5.11 Å². The van der Waals surface area contributed by atoms with Crippen molar-refractivity contribution < 1.29 is 23.1 Å². The Labute approximate surface area is 159 Å². The lowest BCUT2D eigenvalue weighted by molar-refractivity contribution is -0.137. The standard InChI is InChI=1S/C19H18ClF3N2O2/c1-9-8-24-18-14(7-16(26)27)13-6-10(13)4-11-5-12(20)2-3-15(11)25(18)17(9)19(21,22)23/h2-3,5,10,13-14H,4,6-8H2,1H3,(H,26,27). The van der Waals surface area contributed by atoms with Gasteiger partial charge in [0.15, 0.2) is 0 Å². The third-order valence-electron chi connectivity index (χ3n) is 5.59. The van der Waals surface area contributed by atoms with E-state index in [4.69, 9.17) is 11.6 Å². The monoisotopic (exact) mass is 398 g/mol. The summed E-state index contributed by atoms with van der Waals surface area (Å²) in [5.74, 6) is -1.06. The van der Waals surface area contributed by atoms with Crippen LogP contribution >= 0.6 is 11.6 Å². The second kappa shape index (κ2) is 6.26. The normalized spacial score (nSPS) is 27.1. The third kappa shape index (κ3) is 3.22. The summed E-state index contributed by atoms with van der Waals surface area (Å²) in [5.41, 5.74) is 0.498. The zero-order valence-electron chi connectivity index (χ0n) is 14.6. The Bertz CT molecular complexity index is 878. The van der Waals surface area contributed by atoms with E-state index in [0.717, 1.165) is 16.9 Å². The van der Waals surface area contributed by atoms with Crippen LogP contribution in [-0.4, -0.2) is 29.6 Å². The molecule has 0 spiro atoms. The molecule has 1 aromatic rings. The highest BCUT2D eigenvalue weighted by Gasteiger charge is 2.52. The number of halogens is 4. The number of fused-ring (bicyclic) bond motifs is 4. The van der Waals surface area contributed by atoms with Crippen molar-refractivity contribution in [2.24, 2.45) is 22.7 Å². The van der Waals surface area contributed by atoms with E-state index in [1.165, 1.54) is 6.92 Å². The number of aliphatic carboxylic acids is 1. The molecule has 2 aliphatic heterocycles. The molecule has 144 valence electrons. The lowest BCUT2D eigenvalue weighted by Crippen LogP contribution is -2.46. The molecular weight excluding hydrogens is 381 g/mol. The minimum Gasteiger partial charge on any atom is -0.481 e. The molecule has 3 aliphatic rings. The van der Waals surface area contributed by atoms with Crippen molar-refractivity contribution in [3.8, 4) is 0 Å². The number of carboxylic acid groups (broad SMARTS) is 1. The largest absolute Gasteiger partial charge is 0.481 e. The Morgan fingerprint density at radius 2 is 2.15 bits per heavy atom. The molecule has 27 heavy (non-hydrogen) atoms. The number of hydrogen-bond acceptors (Lipinski definition) is 3. The van der Waals surface area contributed by atoms with E-state index in [9.17, 15) is 23.1 Å². The average Bonchev–Trinajstić information content (AvgIpc) is 3.29. The molecule has 3 atom stereocenters. The molecule has 8 heteroatoms. The molecule has 1 N–H and O–H groups in total. The number of nitrogens with zero attached hydrogens (tertiary/aromatic N) is 2.